The number of hydrogen-bond acceptors (Lipinski definition) is 3. The summed E-state index contributed by atoms with van der Waals surface area (Å²) < 4.78 is 0. The third-order valence-corrected chi connectivity index (χ3v) is 3.27. The van der Waals surface area contributed by atoms with E-state index >= 15 is 0 Å². The molecular weight excluding hydrogens is 200 g/mol. The fourth-order valence-electron chi connectivity index (χ4n) is 2.64. The average Bonchev–Trinajstić information content (AvgIpc) is 2.49. The number of aliphatic hydroxyl groups excluding tert-OH is 1. The second kappa shape index (κ2) is 6.58. The molecular formula is C13H28N2O. The third-order valence-electron chi connectivity index (χ3n) is 3.27. The van der Waals surface area contributed by atoms with Gasteiger partial charge in [0.15, 0.2) is 0 Å². The molecule has 0 amide bonds. The van der Waals surface area contributed by atoms with E-state index in [1.54, 1.807) is 0 Å². The molecule has 1 aliphatic carbocycles. The van der Waals surface area contributed by atoms with Crippen LogP contribution < -0.4 is 5.32 Å². The molecule has 0 aliphatic heterocycles. The van der Waals surface area contributed by atoms with E-state index in [1.165, 1.54) is 6.42 Å². The van der Waals surface area contributed by atoms with Gasteiger partial charge in [0.05, 0.1) is 6.10 Å². The topological polar surface area (TPSA) is 35.5 Å². The molecule has 0 aromatic rings. The van der Waals surface area contributed by atoms with Crippen LogP contribution in [0, 0.1) is 5.92 Å². The third kappa shape index (κ3) is 4.81. The molecule has 0 heterocycles. The highest BCUT2D eigenvalue weighted by atomic mass is 16.3. The van der Waals surface area contributed by atoms with Crippen LogP contribution >= 0.6 is 0 Å². The lowest BCUT2D eigenvalue weighted by Crippen LogP contribution is -2.47. The zero-order valence-corrected chi connectivity index (χ0v) is 11.2. The molecule has 0 aromatic carbocycles. The molecule has 0 radical (unpaired) electrons. The Bertz CT molecular complexity index is 184. The molecule has 1 rings (SSSR count). The van der Waals surface area contributed by atoms with E-state index in [9.17, 15) is 5.11 Å². The molecule has 0 bridgehead atoms. The molecule has 1 fully saturated rings. The first-order chi connectivity index (χ1) is 7.49. The predicted octanol–water partition coefficient (Wildman–Crippen LogP) is 1.47. The fraction of sp³-hybridized carbons (Fsp3) is 1.00. The van der Waals surface area contributed by atoms with Crippen LogP contribution in [0.25, 0.3) is 0 Å². The van der Waals surface area contributed by atoms with Gasteiger partial charge in [-0.15, -0.1) is 0 Å². The van der Waals surface area contributed by atoms with Crippen LogP contribution in [0.2, 0.25) is 0 Å². The van der Waals surface area contributed by atoms with E-state index in [0.29, 0.717) is 18.0 Å². The van der Waals surface area contributed by atoms with Crippen molar-refractivity contribution in [3.05, 3.63) is 0 Å². The summed E-state index contributed by atoms with van der Waals surface area (Å²) in [6.45, 7) is 5.58. The van der Waals surface area contributed by atoms with Crippen molar-refractivity contribution < 1.29 is 5.11 Å². The monoisotopic (exact) mass is 228 g/mol. The predicted molar refractivity (Wildman–Crippen MR) is 68.6 cm³/mol. The van der Waals surface area contributed by atoms with Crippen LogP contribution in [-0.4, -0.2) is 48.8 Å². The van der Waals surface area contributed by atoms with Gasteiger partial charge in [-0.3, -0.25) is 0 Å². The van der Waals surface area contributed by atoms with E-state index in [0.717, 1.165) is 25.8 Å². The van der Waals surface area contributed by atoms with E-state index in [4.69, 9.17) is 0 Å². The fourth-order valence-corrected chi connectivity index (χ4v) is 2.64. The number of likely N-dealkylation sites (N-methyl/N-ethyl adjacent to an activating group) is 1. The van der Waals surface area contributed by atoms with E-state index in [1.807, 2.05) is 0 Å². The maximum Gasteiger partial charge on any atom is 0.0693 e. The Morgan fingerprint density at radius 1 is 1.31 bits per heavy atom. The SMILES string of the molecule is CC(C)CC(CN(C)C)NC1CCCC1O. The highest BCUT2D eigenvalue weighted by Gasteiger charge is 2.27. The molecule has 96 valence electrons. The summed E-state index contributed by atoms with van der Waals surface area (Å²) in [6.07, 6.45) is 4.31. The van der Waals surface area contributed by atoms with Crippen LogP contribution in [0.5, 0.6) is 0 Å². The van der Waals surface area contributed by atoms with Gasteiger partial charge >= 0.3 is 0 Å². The molecule has 1 saturated carbocycles. The van der Waals surface area contributed by atoms with Crippen LogP contribution in [-0.2, 0) is 0 Å². The Balaban J connectivity index is 2.41. The summed E-state index contributed by atoms with van der Waals surface area (Å²) in [6, 6.07) is 0.830. The maximum atomic E-state index is 9.83. The number of rotatable bonds is 6. The molecule has 3 unspecified atom stereocenters. The molecule has 3 heteroatoms. The van der Waals surface area contributed by atoms with Gasteiger partial charge in [0.2, 0.25) is 0 Å². The second-order valence-corrected chi connectivity index (χ2v) is 5.86. The quantitative estimate of drug-likeness (QED) is 0.722. The Morgan fingerprint density at radius 3 is 2.44 bits per heavy atom. The first kappa shape index (κ1) is 13.9. The summed E-state index contributed by atoms with van der Waals surface area (Å²) in [5.74, 6) is 0.705. The molecule has 0 spiro atoms. The zero-order valence-electron chi connectivity index (χ0n) is 11.2. The lowest BCUT2D eigenvalue weighted by atomic mass is 10.0. The molecule has 0 aromatic heterocycles. The Labute approximate surface area is 100 Å². The normalized spacial score (nSPS) is 27.9. The van der Waals surface area contributed by atoms with Crippen LogP contribution in [0.15, 0.2) is 0 Å². The van der Waals surface area contributed by atoms with Crippen molar-refractivity contribution in [3.63, 3.8) is 0 Å². The minimum Gasteiger partial charge on any atom is -0.392 e. The van der Waals surface area contributed by atoms with Crippen molar-refractivity contribution >= 4 is 0 Å². The number of nitrogens with zero attached hydrogens (tertiary/aromatic N) is 1. The van der Waals surface area contributed by atoms with E-state index < -0.39 is 0 Å². The number of nitrogens with one attached hydrogen (secondary N) is 1. The summed E-state index contributed by atoms with van der Waals surface area (Å²) in [4.78, 5) is 2.22. The van der Waals surface area contributed by atoms with Gasteiger partial charge in [0.25, 0.3) is 0 Å². The molecule has 0 saturated heterocycles. The van der Waals surface area contributed by atoms with Gasteiger partial charge in [-0.25, -0.2) is 0 Å². The minimum atomic E-state index is -0.128. The molecule has 3 nitrogen and oxygen atoms in total. The smallest absolute Gasteiger partial charge is 0.0693 e. The van der Waals surface area contributed by atoms with Crippen molar-refractivity contribution in [3.8, 4) is 0 Å². The van der Waals surface area contributed by atoms with E-state index in [2.05, 4.69) is 38.2 Å². The Kier molecular flexibility index (Phi) is 5.73. The van der Waals surface area contributed by atoms with Gasteiger partial charge in [-0.1, -0.05) is 13.8 Å². The maximum absolute atomic E-state index is 9.83. The van der Waals surface area contributed by atoms with Crippen molar-refractivity contribution in [1.82, 2.24) is 10.2 Å². The largest absolute Gasteiger partial charge is 0.392 e. The highest BCUT2D eigenvalue weighted by Crippen LogP contribution is 2.20. The Morgan fingerprint density at radius 2 is 2.00 bits per heavy atom. The standard InChI is InChI=1S/C13H28N2O/c1-10(2)8-11(9-15(3)4)14-12-6-5-7-13(12)16/h10-14,16H,5-9H2,1-4H3. The van der Waals surface area contributed by atoms with Crippen LogP contribution in [0.4, 0.5) is 0 Å². The van der Waals surface area contributed by atoms with Gasteiger partial charge < -0.3 is 15.3 Å². The number of hydrogen-bond donors (Lipinski definition) is 2. The van der Waals surface area contributed by atoms with Crippen molar-refractivity contribution in [2.45, 2.75) is 57.7 Å². The Hall–Kier alpha value is -0.120. The van der Waals surface area contributed by atoms with Gasteiger partial charge in [-0.05, 0) is 45.7 Å². The summed E-state index contributed by atoms with van der Waals surface area (Å²) in [7, 11) is 4.22. The first-order valence-corrected chi connectivity index (χ1v) is 6.58. The van der Waals surface area contributed by atoms with Crippen molar-refractivity contribution in [2.24, 2.45) is 5.92 Å². The summed E-state index contributed by atoms with van der Waals surface area (Å²) >= 11 is 0. The van der Waals surface area contributed by atoms with Crippen LogP contribution in [0.1, 0.15) is 39.5 Å². The lowest BCUT2D eigenvalue weighted by molar-refractivity contribution is 0.136. The van der Waals surface area contributed by atoms with Gasteiger partial charge in [0.1, 0.15) is 0 Å². The highest BCUT2D eigenvalue weighted by molar-refractivity contribution is 4.86. The average molecular weight is 228 g/mol. The number of aliphatic hydroxyl groups is 1. The zero-order chi connectivity index (χ0) is 12.1. The molecule has 1 aliphatic rings. The molecule has 16 heavy (non-hydrogen) atoms. The summed E-state index contributed by atoms with van der Waals surface area (Å²) in [5, 5.41) is 13.5. The summed E-state index contributed by atoms with van der Waals surface area (Å²) in [5.41, 5.74) is 0. The van der Waals surface area contributed by atoms with Crippen LogP contribution in [0.3, 0.4) is 0 Å². The van der Waals surface area contributed by atoms with Gasteiger partial charge in [-0.2, -0.15) is 0 Å². The second-order valence-electron chi connectivity index (χ2n) is 5.86. The molecule has 2 N–H and O–H groups in total. The lowest BCUT2D eigenvalue weighted by Gasteiger charge is -2.28. The van der Waals surface area contributed by atoms with Gasteiger partial charge in [0, 0.05) is 18.6 Å². The van der Waals surface area contributed by atoms with Crippen molar-refractivity contribution in [1.29, 1.82) is 0 Å². The van der Waals surface area contributed by atoms with E-state index in [-0.39, 0.29) is 6.10 Å². The molecule has 3 atom stereocenters. The van der Waals surface area contributed by atoms with Crippen molar-refractivity contribution in [2.75, 3.05) is 20.6 Å². The first-order valence-electron chi connectivity index (χ1n) is 6.58. The minimum absolute atomic E-state index is 0.128.